The minimum absolute atomic E-state index is 0.331. The van der Waals surface area contributed by atoms with Crippen molar-refractivity contribution < 1.29 is 14.2 Å². The summed E-state index contributed by atoms with van der Waals surface area (Å²) in [6.45, 7) is 0. The fraction of sp³-hybridized carbons (Fsp3) is 0.818. The third-order valence-electron chi connectivity index (χ3n) is 3.59. The molecule has 3 atom stereocenters. The van der Waals surface area contributed by atoms with Gasteiger partial charge in [-0.3, -0.25) is 0 Å². The number of hydrogen-bond acceptors (Lipinski definition) is 3. The van der Waals surface area contributed by atoms with E-state index in [1.807, 2.05) is 0 Å². The molecule has 3 heteroatoms. The third kappa shape index (κ3) is 1.31. The van der Waals surface area contributed by atoms with E-state index in [2.05, 4.69) is 12.2 Å². The molecule has 1 fully saturated rings. The van der Waals surface area contributed by atoms with Gasteiger partial charge in [0.1, 0.15) is 0 Å². The van der Waals surface area contributed by atoms with E-state index in [0.29, 0.717) is 17.8 Å². The van der Waals surface area contributed by atoms with Crippen molar-refractivity contribution in [2.24, 2.45) is 17.8 Å². The lowest BCUT2D eigenvalue weighted by atomic mass is 9.91. The van der Waals surface area contributed by atoms with E-state index in [1.165, 1.54) is 6.42 Å². The summed E-state index contributed by atoms with van der Waals surface area (Å²) >= 11 is 0. The zero-order chi connectivity index (χ0) is 10.2. The summed E-state index contributed by atoms with van der Waals surface area (Å²) in [6, 6.07) is 0. The summed E-state index contributed by atoms with van der Waals surface area (Å²) in [6.07, 6.45) is 6.90. The summed E-state index contributed by atoms with van der Waals surface area (Å²) in [5.41, 5.74) is 0. The molecule has 0 spiro atoms. The average molecular weight is 198 g/mol. The van der Waals surface area contributed by atoms with Crippen molar-refractivity contribution in [2.75, 3.05) is 21.3 Å². The molecule has 0 heterocycles. The van der Waals surface area contributed by atoms with E-state index in [9.17, 15) is 0 Å². The van der Waals surface area contributed by atoms with E-state index >= 15 is 0 Å². The molecule has 2 rings (SSSR count). The van der Waals surface area contributed by atoms with Crippen molar-refractivity contribution in [1.29, 1.82) is 0 Å². The lowest BCUT2D eigenvalue weighted by Crippen LogP contribution is -2.45. The van der Waals surface area contributed by atoms with Crippen molar-refractivity contribution in [2.45, 2.75) is 18.8 Å². The molecule has 0 aromatic rings. The molecule has 2 aliphatic rings. The summed E-state index contributed by atoms with van der Waals surface area (Å²) in [7, 11) is 4.92. The smallest absolute Gasteiger partial charge is 0.285 e. The minimum atomic E-state index is -0.843. The maximum atomic E-state index is 5.39. The van der Waals surface area contributed by atoms with Crippen LogP contribution in [0, 0.1) is 17.8 Å². The van der Waals surface area contributed by atoms with Gasteiger partial charge in [-0.05, 0) is 24.7 Å². The van der Waals surface area contributed by atoms with Crippen LogP contribution in [-0.2, 0) is 14.2 Å². The molecule has 14 heavy (non-hydrogen) atoms. The van der Waals surface area contributed by atoms with Crippen molar-refractivity contribution >= 4 is 0 Å². The minimum Gasteiger partial charge on any atom is -0.331 e. The van der Waals surface area contributed by atoms with Crippen LogP contribution in [0.4, 0.5) is 0 Å². The molecule has 0 saturated heterocycles. The molecule has 2 bridgehead atoms. The average Bonchev–Trinajstić information content (AvgIpc) is 2.83. The first-order chi connectivity index (χ1) is 6.75. The predicted octanol–water partition coefficient (Wildman–Crippen LogP) is 1.79. The van der Waals surface area contributed by atoms with Crippen LogP contribution in [0.1, 0.15) is 12.8 Å². The second-order valence-electron chi connectivity index (χ2n) is 4.10. The number of allylic oxidation sites excluding steroid dienone is 2. The number of fused-ring (bicyclic) bond motifs is 2. The first-order valence-electron chi connectivity index (χ1n) is 5.09. The second-order valence-corrected chi connectivity index (χ2v) is 4.10. The van der Waals surface area contributed by atoms with Gasteiger partial charge in [-0.2, -0.15) is 0 Å². The van der Waals surface area contributed by atoms with Crippen LogP contribution in [0.3, 0.4) is 0 Å². The Hall–Kier alpha value is -0.380. The van der Waals surface area contributed by atoms with E-state index in [0.717, 1.165) is 6.42 Å². The Kier molecular flexibility index (Phi) is 2.64. The Bertz CT molecular complexity index is 224. The molecule has 0 amide bonds. The Morgan fingerprint density at radius 1 is 1.00 bits per heavy atom. The summed E-state index contributed by atoms with van der Waals surface area (Å²) in [5.74, 6) is 0.742. The maximum Gasteiger partial charge on any atom is 0.285 e. The maximum absolute atomic E-state index is 5.39. The molecule has 0 radical (unpaired) electrons. The third-order valence-corrected chi connectivity index (χ3v) is 3.59. The molecule has 0 aromatic carbocycles. The van der Waals surface area contributed by atoms with Gasteiger partial charge in [0.15, 0.2) is 0 Å². The molecule has 80 valence electrons. The van der Waals surface area contributed by atoms with Crippen LogP contribution in [0.2, 0.25) is 0 Å². The highest BCUT2D eigenvalue weighted by Gasteiger charge is 2.50. The standard InChI is InChI=1S/C11H18O3/c1-12-11(13-2,14-3)10-7-8-4-5-9(10)6-8/h4-5,8-10H,6-7H2,1-3H3. The van der Waals surface area contributed by atoms with Crippen LogP contribution in [0.5, 0.6) is 0 Å². The van der Waals surface area contributed by atoms with E-state index in [-0.39, 0.29) is 0 Å². The number of hydrogen-bond donors (Lipinski definition) is 0. The SMILES string of the molecule is COC(OC)(OC)C1CC2C=CC1C2. The van der Waals surface area contributed by atoms with Crippen molar-refractivity contribution in [3.05, 3.63) is 12.2 Å². The highest BCUT2D eigenvalue weighted by Crippen LogP contribution is 2.49. The molecule has 0 aliphatic heterocycles. The topological polar surface area (TPSA) is 27.7 Å². The first-order valence-corrected chi connectivity index (χ1v) is 5.09. The molecule has 0 N–H and O–H groups in total. The van der Waals surface area contributed by atoms with Crippen LogP contribution in [-0.4, -0.2) is 27.3 Å². The lowest BCUT2D eigenvalue weighted by molar-refractivity contribution is -0.381. The summed E-state index contributed by atoms with van der Waals surface area (Å²) in [4.78, 5) is 0. The molecular formula is C11H18O3. The van der Waals surface area contributed by atoms with Gasteiger partial charge in [0.05, 0.1) is 0 Å². The molecule has 0 aromatic heterocycles. The highest BCUT2D eigenvalue weighted by molar-refractivity contribution is 5.11. The largest absolute Gasteiger partial charge is 0.331 e. The Morgan fingerprint density at radius 3 is 2.00 bits per heavy atom. The van der Waals surface area contributed by atoms with Gasteiger partial charge < -0.3 is 14.2 Å². The van der Waals surface area contributed by atoms with Crippen molar-refractivity contribution in [3.8, 4) is 0 Å². The molecule has 1 saturated carbocycles. The summed E-state index contributed by atoms with van der Waals surface area (Å²) in [5, 5.41) is 0. The molecule has 3 nitrogen and oxygen atoms in total. The van der Waals surface area contributed by atoms with Crippen LogP contribution < -0.4 is 0 Å². The van der Waals surface area contributed by atoms with E-state index in [4.69, 9.17) is 14.2 Å². The predicted molar refractivity (Wildman–Crippen MR) is 52.6 cm³/mol. The highest BCUT2D eigenvalue weighted by atomic mass is 16.9. The van der Waals surface area contributed by atoms with E-state index in [1.54, 1.807) is 21.3 Å². The van der Waals surface area contributed by atoms with Gasteiger partial charge in [-0.1, -0.05) is 12.2 Å². The number of ether oxygens (including phenoxy) is 3. The second kappa shape index (κ2) is 3.65. The zero-order valence-corrected chi connectivity index (χ0v) is 9.03. The van der Waals surface area contributed by atoms with Crippen LogP contribution in [0.15, 0.2) is 12.2 Å². The van der Waals surface area contributed by atoms with Gasteiger partial charge in [-0.25, -0.2) is 0 Å². The normalized spacial score (nSPS) is 35.5. The first kappa shape index (κ1) is 10.1. The van der Waals surface area contributed by atoms with Gasteiger partial charge >= 0.3 is 0 Å². The van der Waals surface area contributed by atoms with Crippen LogP contribution in [0.25, 0.3) is 0 Å². The van der Waals surface area contributed by atoms with Crippen molar-refractivity contribution in [3.63, 3.8) is 0 Å². The zero-order valence-electron chi connectivity index (χ0n) is 9.03. The fourth-order valence-electron chi connectivity index (χ4n) is 2.89. The Morgan fingerprint density at radius 2 is 1.64 bits per heavy atom. The fourth-order valence-corrected chi connectivity index (χ4v) is 2.89. The quantitative estimate of drug-likeness (QED) is 0.509. The van der Waals surface area contributed by atoms with Gasteiger partial charge in [0.25, 0.3) is 5.97 Å². The lowest BCUT2D eigenvalue weighted by Gasteiger charge is -2.37. The van der Waals surface area contributed by atoms with E-state index < -0.39 is 5.97 Å². The molecule has 3 unspecified atom stereocenters. The molecule has 2 aliphatic carbocycles. The number of methoxy groups -OCH3 is 3. The Balaban J connectivity index is 2.16. The van der Waals surface area contributed by atoms with Crippen molar-refractivity contribution in [1.82, 2.24) is 0 Å². The Labute approximate surface area is 85.0 Å². The number of rotatable bonds is 4. The van der Waals surface area contributed by atoms with Gasteiger partial charge in [0.2, 0.25) is 0 Å². The monoisotopic (exact) mass is 198 g/mol. The summed E-state index contributed by atoms with van der Waals surface area (Å²) < 4.78 is 16.2. The van der Waals surface area contributed by atoms with Gasteiger partial charge in [0, 0.05) is 27.2 Å². The van der Waals surface area contributed by atoms with Gasteiger partial charge in [-0.15, -0.1) is 0 Å². The molecular weight excluding hydrogens is 180 g/mol. The van der Waals surface area contributed by atoms with Crippen LogP contribution >= 0.6 is 0 Å².